The number of aliphatic hydroxyl groups excluding tert-OH is 2. The van der Waals surface area contributed by atoms with Gasteiger partial charge in [0.25, 0.3) is 0 Å². The highest BCUT2D eigenvalue weighted by molar-refractivity contribution is 7.80. The molecule has 1 heterocycles. The van der Waals surface area contributed by atoms with Gasteiger partial charge in [0.1, 0.15) is 16.9 Å². The Hall–Kier alpha value is -1.67. The molecular formula is C27H33FN2O3S. The Morgan fingerprint density at radius 2 is 1.94 bits per heavy atom. The molecule has 3 saturated carbocycles. The Morgan fingerprint density at radius 3 is 2.65 bits per heavy atom. The molecule has 182 valence electrons. The minimum absolute atomic E-state index is 0.0901. The molecule has 4 aliphatic carbocycles. The molecule has 5 nitrogen and oxygen atoms in total. The van der Waals surface area contributed by atoms with E-state index in [1.165, 1.54) is 17.7 Å². The lowest BCUT2D eigenvalue weighted by atomic mass is 9.45. The van der Waals surface area contributed by atoms with Gasteiger partial charge in [0.2, 0.25) is 0 Å². The standard InChI is InChI=1S/C27H33FN2O3S/c1-25-12-15-14-29-30(18-6-4-17(28)5-7-18)21(15)11-16(25)3-8-19-20-9-10-27(33,24(32)34)26(20,2)13-22(31)23(19)25/h4-7,11,14,19-20,22-24,31-34H,3,8-10,12-13H2,1-2H3. The van der Waals surface area contributed by atoms with Gasteiger partial charge in [-0.15, -0.1) is 12.6 Å². The average molecular weight is 485 g/mol. The summed E-state index contributed by atoms with van der Waals surface area (Å²) in [6.45, 7) is 4.33. The van der Waals surface area contributed by atoms with Crippen LogP contribution in [-0.2, 0) is 6.42 Å². The maximum Gasteiger partial charge on any atom is 0.126 e. The monoisotopic (exact) mass is 484 g/mol. The Balaban J connectivity index is 1.37. The van der Waals surface area contributed by atoms with E-state index in [4.69, 9.17) is 0 Å². The minimum atomic E-state index is -1.28. The fraction of sp³-hybridized carbons (Fsp3) is 0.593. The largest absolute Gasteiger partial charge is 0.393 e. The van der Waals surface area contributed by atoms with Crippen molar-refractivity contribution in [2.24, 2.45) is 28.6 Å². The number of allylic oxidation sites excluding steroid dienone is 1. The second-order valence-corrected chi connectivity index (χ2v) is 12.1. The lowest BCUT2D eigenvalue weighted by molar-refractivity contribution is -0.185. The predicted octanol–water partition coefficient (Wildman–Crippen LogP) is 4.14. The molecule has 0 amide bonds. The van der Waals surface area contributed by atoms with Gasteiger partial charge in [0, 0.05) is 5.41 Å². The molecule has 6 rings (SSSR count). The third-order valence-electron chi connectivity index (χ3n) is 10.1. The van der Waals surface area contributed by atoms with Gasteiger partial charge in [0.05, 0.1) is 23.7 Å². The van der Waals surface area contributed by atoms with Gasteiger partial charge in [-0.1, -0.05) is 19.4 Å². The van der Waals surface area contributed by atoms with E-state index in [-0.39, 0.29) is 29.0 Å². The van der Waals surface area contributed by atoms with E-state index in [0.717, 1.165) is 42.6 Å². The molecule has 34 heavy (non-hydrogen) atoms. The van der Waals surface area contributed by atoms with Crippen molar-refractivity contribution in [2.45, 2.75) is 69.5 Å². The third kappa shape index (κ3) is 2.87. The van der Waals surface area contributed by atoms with Crippen LogP contribution in [0.4, 0.5) is 4.39 Å². The number of thiol groups is 1. The molecule has 0 spiro atoms. The van der Waals surface area contributed by atoms with Crippen LogP contribution < -0.4 is 0 Å². The fourth-order valence-corrected chi connectivity index (χ4v) is 8.86. The van der Waals surface area contributed by atoms with Crippen LogP contribution in [0, 0.1) is 34.4 Å². The van der Waals surface area contributed by atoms with Crippen molar-refractivity contribution in [3.63, 3.8) is 0 Å². The summed E-state index contributed by atoms with van der Waals surface area (Å²) in [5.41, 5.74) is 1.23. The first-order chi connectivity index (χ1) is 16.1. The van der Waals surface area contributed by atoms with Crippen molar-refractivity contribution in [3.8, 4) is 5.69 Å². The second kappa shape index (κ2) is 7.42. The quantitative estimate of drug-likeness (QED) is 0.382. The van der Waals surface area contributed by atoms with E-state index < -0.39 is 22.6 Å². The summed E-state index contributed by atoms with van der Waals surface area (Å²) >= 11 is 4.24. The Bertz CT molecular complexity index is 1160. The number of hydrogen-bond donors (Lipinski definition) is 4. The van der Waals surface area contributed by atoms with Crippen LogP contribution in [0.3, 0.4) is 0 Å². The molecule has 3 fully saturated rings. The first kappa shape index (κ1) is 22.8. The molecule has 4 aliphatic rings. The molecule has 0 aliphatic heterocycles. The highest BCUT2D eigenvalue weighted by atomic mass is 32.1. The number of nitrogens with zero attached hydrogens (tertiary/aromatic N) is 2. The van der Waals surface area contributed by atoms with Gasteiger partial charge < -0.3 is 15.3 Å². The topological polar surface area (TPSA) is 78.5 Å². The number of benzene rings is 1. The zero-order chi connectivity index (χ0) is 24.0. The molecular weight excluding hydrogens is 451 g/mol. The summed E-state index contributed by atoms with van der Waals surface area (Å²) < 4.78 is 15.3. The highest BCUT2D eigenvalue weighted by Crippen LogP contribution is 2.68. The number of fused-ring (bicyclic) bond motifs is 6. The van der Waals surface area contributed by atoms with Crippen molar-refractivity contribution in [1.29, 1.82) is 0 Å². The Labute approximate surface area is 205 Å². The number of aliphatic hydroxyl groups is 3. The minimum Gasteiger partial charge on any atom is -0.393 e. The maximum atomic E-state index is 13.4. The molecule has 7 heteroatoms. The molecule has 1 aromatic heterocycles. The van der Waals surface area contributed by atoms with Crippen LogP contribution >= 0.6 is 12.6 Å². The molecule has 0 bridgehead atoms. The van der Waals surface area contributed by atoms with Crippen molar-refractivity contribution in [3.05, 3.63) is 53.1 Å². The number of hydrogen-bond acceptors (Lipinski definition) is 5. The fourth-order valence-electron chi connectivity index (χ4n) is 8.44. The molecule has 3 N–H and O–H groups in total. The summed E-state index contributed by atoms with van der Waals surface area (Å²) in [7, 11) is 0. The Morgan fingerprint density at radius 1 is 1.21 bits per heavy atom. The molecule has 8 unspecified atom stereocenters. The van der Waals surface area contributed by atoms with Gasteiger partial charge in [0.15, 0.2) is 0 Å². The van der Waals surface area contributed by atoms with Crippen LogP contribution in [0.25, 0.3) is 11.8 Å². The molecule has 0 radical (unpaired) electrons. The average Bonchev–Trinajstić information content (AvgIpc) is 3.30. The smallest absolute Gasteiger partial charge is 0.126 e. The molecule has 1 aromatic carbocycles. The first-order valence-electron chi connectivity index (χ1n) is 12.4. The summed E-state index contributed by atoms with van der Waals surface area (Å²) in [5.74, 6) is 0.351. The molecule has 2 aromatic rings. The van der Waals surface area contributed by atoms with E-state index in [1.54, 1.807) is 12.1 Å². The van der Waals surface area contributed by atoms with E-state index in [9.17, 15) is 19.7 Å². The highest BCUT2D eigenvalue weighted by Gasteiger charge is 2.67. The summed E-state index contributed by atoms with van der Waals surface area (Å²) in [5, 5.41) is 38.0. The number of rotatable bonds is 2. The molecule has 0 saturated heterocycles. The maximum absolute atomic E-state index is 13.4. The van der Waals surface area contributed by atoms with Gasteiger partial charge in [-0.3, -0.25) is 0 Å². The molecule has 8 atom stereocenters. The van der Waals surface area contributed by atoms with Crippen LogP contribution in [0.5, 0.6) is 0 Å². The summed E-state index contributed by atoms with van der Waals surface area (Å²) in [6, 6.07) is 6.40. The number of halogens is 1. The third-order valence-corrected chi connectivity index (χ3v) is 10.6. The van der Waals surface area contributed by atoms with Crippen LogP contribution in [-0.4, -0.2) is 42.2 Å². The SMILES string of the molecule is CC12Cc3cnn(-c4ccc(F)cc4)c3C=C1CCC1C2C(O)CC2(C)C1CCC2(O)C(O)S. The zero-order valence-corrected chi connectivity index (χ0v) is 20.5. The lowest BCUT2D eigenvalue weighted by Gasteiger charge is -2.61. The predicted molar refractivity (Wildman–Crippen MR) is 131 cm³/mol. The van der Waals surface area contributed by atoms with Gasteiger partial charge in [-0.25, -0.2) is 9.07 Å². The van der Waals surface area contributed by atoms with Gasteiger partial charge in [-0.05, 0) is 97.6 Å². The first-order valence-corrected chi connectivity index (χ1v) is 12.9. The van der Waals surface area contributed by atoms with Crippen LogP contribution in [0.1, 0.15) is 57.2 Å². The lowest BCUT2D eigenvalue weighted by Crippen LogP contribution is -2.62. The van der Waals surface area contributed by atoms with E-state index in [0.29, 0.717) is 12.8 Å². The Kier molecular flexibility index (Phi) is 4.97. The van der Waals surface area contributed by atoms with Crippen molar-refractivity contribution in [1.82, 2.24) is 9.78 Å². The van der Waals surface area contributed by atoms with Crippen molar-refractivity contribution < 1.29 is 19.7 Å². The van der Waals surface area contributed by atoms with Crippen LogP contribution in [0.2, 0.25) is 0 Å². The zero-order valence-electron chi connectivity index (χ0n) is 19.7. The summed E-state index contributed by atoms with van der Waals surface area (Å²) in [6.07, 6.45) is 8.12. The van der Waals surface area contributed by atoms with E-state index >= 15 is 0 Å². The van der Waals surface area contributed by atoms with Crippen molar-refractivity contribution in [2.75, 3.05) is 0 Å². The van der Waals surface area contributed by atoms with Gasteiger partial charge >= 0.3 is 0 Å². The summed E-state index contributed by atoms with van der Waals surface area (Å²) in [4.78, 5) is 0. The van der Waals surface area contributed by atoms with Gasteiger partial charge in [-0.2, -0.15) is 5.10 Å². The second-order valence-electron chi connectivity index (χ2n) is 11.6. The van der Waals surface area contributed by atoms with Crippen molar-refractivity contribution >= 4 is 18.7 Å². The van der Waals surface area contributed by atoms with E-state index in [2.05, 4.69) is 30.7 Å². The number of aromatic nitrogens is 2. The van der Waals surface area contributed by atoms with E-state index in [1.807, 2.05) is 17.8 Å². The normalized spacial score (nSPS) is 41.7. The van der Waals surface area contributed by atoms with Crippen LogP contribution in [0.15, 0.2) is 36.0 Å².